The first-order valence-electron chi connectivity index (χ1n) is 4.67. The Hall–Kier alpha value is -0.650. The first-order chi connectivity index (χ1) is 6.49. The molecule has 2 unspecified atom stereocenters. The van der Waals surface area contributed by atoms with E-state index in [1.807, 2.05) is 6.92 Å². The third-order valence-corrected chi connectivity index (χ3v) is 2.03. The van der Waals surface area contributed by atoms with Gasteiger partial charge in [-0.1, -0.05) is 0 Å². The molecule has 0 aliphatic rings. The lowest BCUT2D eigenvalue weighted by atomic mass is 10.2. The van der Waals surface area contributed by atoms with E-state index in [1.54, 1.807) is 18.9 Å². The van der Waals surface area contributed by atoms with Gasteiger partial charge in [0.15, 0.2) is 0 Å². The highest BCUT2D eigenvalue weighted by atomic mass is 16.5. The molecular formula is C9H19NO4. The van der Waals surface area contributed by atoms with Crippen molar-refractivity contribution in [3.63, 3.8) is 0 Å². The minimum atomic E-state index is -0.892. The van der Waals surface area contributed by atoms with E-state index >= 15 is 0 Å². The zero-order chi connectivity index (χ0) is 11.1. The third kappa shape index (κ3) is 5.16. The number of rotatable bonds is 7. The van der Waals surface area contributed by atoms with E-state index in [0.717, 1.165) is 0 Å². The van der Waals surface area contributed by atoms with Gasteiger partial charge in [0.2, 0.25) is 0 Å². The van der Waals surface area contributed by atoms with Crippen molar-refractivity contribution in [3.8, 4) is 0 Å². The highest BCUT2D eigenvalue weighted by molar-refractivity contribution is 5.72. The summed E-state index contributed by atoms with van der Waals surface area (Å²) in [5, 5.41) is 18.1. The van der Waals surface area contributed by atoms with Crippen LogP contribution in [0.2, 0.25) is 0 Å². The number of nitrogens with zero attached hydrogens (tertiary/aromatic N) is 1. The van der Waals surface area contributed by atoms with Gasteiger partial charge in [-0.3, -0.25) is 9.69 Å². The molecule has 0 radical (unpaired) electrons. The maximum atomic E-state index is 10.6. The standard InChI is InChI=1S/C9H19NO4/c1-4-14-6-8(11)5-10(3)7(2)9(12)13/h7-8,11H,4-6H2,1-3H3,(H,12,13). The summed E-state index contributed by atoms with van der Waals surface area (Å²) in [4.78, 5) is 12.2. The van der Waals surface area contributed by atoms with Crippen molar-refractivity contribution >= 4 is 5.97 Å². The van der Waals surface area contributed by atoms with Gasteiger partial charge >= 0.3 is 5.97 Å². The molecule has 0 aromatic carbocycles. The predicted octanol–water partition coefficient (Wildman–Crippen LogP) is -0.211. The molecule has 0 saturated heterocycles. The van der Waals surface area contributed by atoms with Crippen LogP contribution in [0.15, 0.2) is 0 Å². The summed E-state index contributed by atoms with van der Waals surface area (Å²) in [7, 11) is 1.66. The van der Waals surface area contributed by atoms with Crippen LogP contribution < -0.4 is 0 Å². The van der Waals surface area contributed by atoms with Crippen LogP contribution in [0.3, 0.4) is 0 Å². The molecule has 0 aliphatic heterocycles. The Morgan fingerprint density at radius 1 is 1.57 bits per heavy atom. The van der Waals surface area contributed by atoms with Crippen molar-refractivity contribution in [3.05, 3.63) is 0 Å². The number of carboxylic acid groups (broad SMARTS) is 1. The lowest BCUT2D eigenvalue weighted by molar-refractivity contribution is -0.142. The Kier molecular flexibility index (Phi) is 6.44. The van der Waals surface area contributed by atoms with E-state index in [2.05, 4.69) is 0 Å². The Morgan fingerprint density at radius 3 is 2.57 bits per heavy atom. The maximum Gasteiger partial charge on any atom is 0.320 e. The summed E-state index contributed by atoms with van der Waals surface area (Å²) < 4.78 is 5.01. The van der Waals surface area contributed by atoms with Crippen molar-refractivity contribution in [1.29, 1.82) is 0 Å². The highest BCUT2D eigenvalue weighted by Gasteiger charge is 2.19. The van der Waals surface area contributed by atoms with Crippen LogP contribution in [0, 0.1) is 0 Å². The van der Waals surface area contributed by atoms with E-state index in [0.29, 0.717) is 13.2 Å². The number of ether oxygens (including phenoxy) is 1. The second-order valence-corrected chi connectivity index (χ2v) is 3.27. The molecule has 0 aromatic rings. The molecule has 5 nitrogen and oxygen atoms in total. The fourth-order valence-electron chi connectivity index (χ4n) is 0.986. The minimum absolute atomic E-state index is 0.243. The fraction of sp³-hybridized carbons (Fsp3) is 0.889. The number of likely N-dealkylation sites (N-methyl/N-ethyl adjacent to an activating group) is 1. The number of hydrogen-bond donors (Lipinski definition) is 2. The average molecular weight is 205 g/mol. The molecule has 0 fully saturated rings. The maximum absolute atomic E-state index is 10.6. The highest BCUT2D eigenvalue weighted by Crippen LogP contribution is 1.98. The number of aliphatic carboxylic acids is 1. The lowest BCUT2D eigenvalue weighted by Crippen LogP contribution is -2.41. The molecule has 0 aliphatic carbocycles. The SMILES string of the molecule is CCOCC(O)CN(C)C(C)C(=O)O. The zero-order valence-corrected chi connectivity index (χ0v) is 8.93. The Labute approximate surface area is 84.3 Å². The Bertz CT molecular complexity index is 174. The van der Waals surface area contributed by atoms with E-state index in [-0.39, 0.29) is 6.61 Å². The first kappa shape index (κ1) is 13.4. The summed E-state index contributed by atoms with van der Waals surface area (Å²) >= 11 is 0. The molecule has 84 valence electrons. The zero-order valence-electron chi connectivity index (χ0n) is 8.93. The van der Waals surface area contributed by atoms with Crippen LogP contribution in [0.4, 0.5) is 0 Å². The van der Waals surface area contributed by atoms with Crippen molar-refractivity contribution in [1.82, 2.24) is 4.90 Å². The fourth-order valence-corrected chi connectivity index (χ4v) is 0.986. The second kappa shape index (κ2) is 6.75. The predicted molar refractivity (Wildman–Crippen MR) is 52.2 cm³/mol. The van der Waals surface area contributed by atoms with Crippen molar-refractivity contribution in [2.24, 2.45) is 0 Å². The normalized spacial score (nSPS) is 15.5. The van der Waals surface area contributed by atoms with Gasteiger partial charge in [0.1, 0.15) is 6.04 Å². The van der Waals surface area contributed by atoms with Crippen LogP contribution in [-0.4, -0.2) is 60.0 Å². The van der Waals surface area contributed by atoms with Gasteiger partial charge < -0.3 is 14.9 Å². The molecule has 0 bridgehead atoms. The van der Waals surface area contributed by atoms with Crippen LogP contribution in [0.25, 0.3) is 0 Å². The molecule has 0 amide bonds. The van der Waals surface area contributed by atoms with Crippen molar-refractivity contribution < 1.29 is 19.7 Å². The Morgan fingerprint density at radius 2 is 2.14 bits per heavy atom. The first-order valence-corrected chi connectivity index (χ1v) is 4.67. The number of hydrogen-bond acceptors (Lipinski definition) is 4. The second-order valence-electron chi connectivity index (χ2n) is 3.27. The molecule has 0 rings (SSSR count). The third-order valence-electron chi connectivity index (χ3n) is 2.03. The molecule has 5 heteroatoms. The largest absolute Gasteiger partial charge is 0.480 e. The van der Waals surface area contributed by atoms with Crippen LogP contribution in [-0.2, 0) is 9.53 Å². The number of aliphatic hydroxyl groups is 1. The smallest absolute Gasteiger partial charge is 0.320 e. The Balaban J connectivity index is 3.80. The van der Waals surface area contributed by atoms with Gasteiger partial charge in [-0.05, 0) is 20.9 Å². The van der Waals surface area contributed by atoms with Crippen LogP contribution in [0.1, 0.15) is 13.8 Å². The summed E-state index contributed by atoms with van der Waals surface area (Å²) in [6.07, 6.45) is -0.637. The van der Waals surface area contributed by atoms with Gasteiger partial charge in [0.05, 0.1) is 12.7 Å². The van der Waals surface area contributed by atoms with Gasteiger partial charge in [-0.2, -0.15) is 0 Å². The van der Waals surface area contributed by atoms with E-state index in [4.69, 9.17) is 9.84 Å². The molecule has 0 spiro atoms. The molecule has 2 atom stereocenters. The van der Waals surface area contributed by atoms with E-state index in [1.165, 1.54) is 0 Å². The molecular weight excluding hydrogens is 186 g/mol. The van der Waals surface area contributed by atoms with Gasteiger partial charge in [0, 0.05) is 13.2 Å². The number of aliphatic hydroxyl groups excluding tert-OH is 1. The van der Waals surface area contributed by atoms with E-state index in [9.17, 15) is 9.90 Å². The molecule has 0 saturated carbocycles. The molecule has 0 heterocycles. The van der Waals surface area contributed by atoms with Crippen LogP contribution >= 0.6 is 0 Å². The van der Waals surface area contributed by atoms with Gasteiger partial charge in [-0.25, -0.2) is 0 Å². The summed E-state index contributed by atoms with van der Waals surface area (Å²) in [6.45, 7) is 4.52. The van der Waals surface area contributed by atoms with Gasteiger partial charge in [0.25, 0.3) is 0 Å². The van der Waals surface area contributed by atoms with Gasteiger partial charge in [-0.15, -0.1) is 0 Å². The lowest BCUT2D eigenvalue weighted by Gasteiger charge is -2.23. The van der Waals surface area contributed by atoms with E-state index < -0.39 is 18.1 Å². The number of carbonyl (C=O) groups is 1. The van der Waals surface area contributed by atoms with Crippen molar-refractivity contribution in [2.45, 2.75) is 26.0 Å². The monoisotopic (exact) mass is 205 g/mol. The minimum Gasteiger partial charge on any atom is -0.480 e. The molecule has 0 aromatic heterocycles. The molecule has 2 N–H and O–H groups in total. The average Bonchev–Trinajstić information content (AvgIpc) is 2.13. The quantitative estimate of drug-likeness (QED) is 0.601. The molecule has 14 heavy (non-hydrogen) atoms. The van der Waals surface area contributed by atoms with Crippen LogP contribution in [0.5, 0.6) is 0 Å². The summed E-state index contributed by atoms with van der Waals surface area (Å²) in [5.41, 5.74) is 0. The summed E-state index contributed by atoms with van der Waals surface area (Å²) in [6, 6.07) is -0.591. The van der Waals surface area contributed by atoms with Crippen molar-refractivity contribution in [2.75, 3.05) is 26.8 Å². The summed E-state index contributed by atoms with van der Waals surface area (Å²) in [5.74, 6) is -0.892. The number of carboxylic acids is 1. The topological polar surface area (TPSA) is 70.0 Å².